The molecule has 0 fully saturated rings. The van der Waals surface area contributed by atoms with E-state index in [0.29, 0.717) is 5.56 Å². The van der Waals surface area contributed by atoms with Crippen LogP contribution in [0.25, 0.3) is 11.4 Å². The van der Waals surface area contributed by atoms with E-state index in [9.17, 15) is 4.79 Å². The number of H-pyrrole nitrogens is 1. The highest BCUT2D eigenvalue weighted by molar-refractivity contribution is 5.96. The van der Waals surface area contributed by atoms with Crippen LogP contribution < -0.4 is 0 Å². The average Bonchev–Trinajstić information content (AvgIpc) is 2.71. The zero-order valence-electron chi connectivity index (χ0n) is 8.92. The summed E-state index contributed by atoms with van der Waals surface area (Å²) in [5.74, 6) is 0.803. The van der Waals surface area contributed by atoms with Crippen molar-refractivity contribution in [3.8, 4) is 11.4 Å². The molecule has 0 aliphatic heterocycles. The average molecular weight is 204 g/mol. The largest absolute Gasteiger partial charge is 0.361 e. The number of hydrogen-bond donors (Lipinski definition) is 1. The van der Waals surface area contributed by atoms with Crippen LogP contribution in [0.1, 0.15) is 28.7 Å². The van der Waals surface area contributed by atoms with Gasteiger partial charge in [-0.15, -0.1) is 0 Å². The Balaban J connectivity index is 2.46. The van der Waals surface area contributed by atoms with Crippen LogP contribution in [0, 0.1) is 13.8 Å². The number of rotatable bonds is 2. The Kier molecular flexibility index (Phi) is 2.19. The van der Waals surface area contributed by atoms with E-state index in [1.165, 1.54) is 0 Å². The van der Waals surface area contributed by atoms with E-state index >= 15 is 0 Å². The Morgan fingerprint density at radius 3 is 2.60 bits per heavy atom. The summed E-state index contributed by atoms with van der Waals surface area (Å²) >= 11 is 0. The highest BCUT2D eigenvalue weighted by atomic mass is 16.5. The number of hydrogen-bond acceptors (Lipinski definition) is 3. The number of carbonyl (C=O) groups excluding carboxylic acids is 1. The minimum atomic E-state index is 0.0511. The quantitative estimate of drug-likeness (QED) is 0.764. The molecule has 0 aliphatic rings. The van der Waals surface area contributed by atoms with Crippen molar-refractivity contribution in [1.29, 1.82) is 0 Å². The maximum absolute atomic E-state index is 11.3. The molecule has 4 nitrogen and oxygen atoms in total. The van der Waals surface area contributed by atoms with E-state index in [1.54, 1.807) is 13.0 Å². The molecule has 0 saturated carbocycles. The molecule has 0 amide bonds. The molecule has 2 heterocycles. The molecule has 78 valence electrons. The van der Waals surface area contributed by atoms with E-state index in [0.717, 1.165) is 22.8 Å². The SMILES string of the molecule is CC(=O)c1cc(-c2cc(C)on2)[nH]c1C. The van der Waals surface area contributed by atoms with Gasteiger partial charge in [0, 0.05) is 17.3 Å². The summed E-state index contributed by atoms with van der Waals surface area (Å²) in [4.78, 5) is 14.4. The van der Waals surface area contributed by atoms with Crippen LogP contribution >= 0.6 is 0 Å². The number of ketones is 1. The number of Topliss-reactive ketones (excluding diaryl/α,β-unsaturated/α-hetero) is 1. The summed E-state index contributed by atoms with van der Waals surface area (Å²) in [6, 6.07) is 3.63. The van der Waals surface area contributed by atoms with Crippen molar-refractivity contribution in [1.82, 2.24) is 10.1 Å². The summed E-state index contributed by atoms with van der Waals surface area (Å²) in [7, 11) is 0. The van der Waals surface area contributed by atoms with Gasteiger partial charge in [0.1, 0.15) is 11.5 Å². The van der Waals surface area contributed by atoms with Crippen molar-refractivity contribution in [2.24, 2.45) is 0 Å². The van der Waals surface area contributed by atoms with Crippen LogP contribution in [0.5, 0.6) is 0 Å². The van der Waals surface area contributed by atoms with Crippen molar-refractivity contribution in [3.05, 3.63) is 29.2 Å². The predicted molar refractivity (Wildman–Crippen MR) is 55.8 cm³/mol. The van der Waals surface area contributed by atoms with Crippen molar-refractivity contribution >= 4 is 5.78 Å². The number of nitrogens with zero attached hydrogens (tertiary/aromatic N) is 1. The molecular formula is C11H12N2O2. The van der Waals surface area contributed by atoms with Crippen LogP contribution in [-0.4, -0.2) is 15.9 Å². The summed E-state index contributed by atoms with van der Waals surface area (Å²) < 4.78 is 4.97. The third-order valence-corrected chi connectivity index (χ3v) is 2.30. The fourth-order valence-corrected chi connectivity index (χ4v) is 1.56. The molecule has 1 N–H and O–H groups in total. The van der Waals surface area contributed by atoms with Gasteiger partial charge in [-0.2, -0.15) is 0 Å². The third-order valence-electron chi connectivity index (χ3n) is 2.30. The highest BCUT2D eigenvalue weighted by Crippen LogP contribution is 2.21. The van der Waals surface area contributed by atoms with Crippen molar-refractivity contribution < 1.29 is 9.32 Å². The maximum Gasteiger partial charge on any atom is 0.161 e. The van der Waals surface area contributed by atoms with Crippen molar-refractivity contribution in [2.45, 2.75) is 20.8 Å². The van der Waals surface area contributed by atoms with Gasteiger partial charge in [-0.1, -0.05) is 5.16 Å². The molecule has 0 aliphatic carbocycles. The minimum absolute atomic E-state index is 0.0511. The first-order valence-corrected chi connectivity index (χ1v) is 4.72. The van der Waals surface area contributed by atoms with Crippen molar-refractivity contribution in [3.63, 3.8) is 0 Å². The highest BCUT2D eigenvalue weighted by Gasteiger charge is 2.12. The lowest BCUT2D eigenvalue weighted by molar-refractivity contribution is 0.101. The topological polar surface area (TPSA) is 58.9 Å². The first-order chi connectivity index (χ1) is 7.08. The Labute approximate surface area is 87.3 Å². The van der Waals surface area contributed by atoms with Gasteiger partial charge in [0.2, 0.25) is 0 Å². The number of nitrogens with one attached hydrogen (secondary N) is 1. The van der Waals surface area contributed by atoms with E-state index in [-0.39, 0.29) is 5.78 Å². The first kappa shape index (κ1) is 9.71. The Bertz CT molecular complexity index is 508. The molecule has 0 saturated heterocycles. The molecular weight excluding hydrogens is 192 g/mol. The molecule has 2 aromatic rings. The third kappa shape index (κ3) is 1.70. The van der Waals surface area contributed by atoms with Gasteiger partial charge in [0.05, 0.1) is 5.69 Å². The lowest BCUT2D eigenvalue weighted by Gasteiger charge is -1.88. The predicted octanol–water partition coefficient (Wildman–Crippen LogP) is 2.49. The van der Waals surface area contributed by atoms with Crippen LogP contribution in [-0.2, 0) is 0 Å². The van der Waals surface area contributed by atoms with Gasteiger partial charge < -0.3 is 9.51 Å². The van der Waals surface area contributed by atoms with Crippen LogP contribution in [0.4, 0.5) is 0 Å². The zero-order chi connectivity index (χ0) is 11.0. The maximum atomic E-state index is 11.3. The van der Waals surface area contributed by atoms with Gasteiger partial charge in [-0.05, 0) is 26.8 Å². The molecule has 0 radical (unpaired) electrons. The smallest absolute Gasteiger partial charge is 0.161 e. The molecule has 0 spiro atoms. The standard InChI is InChI=1S/C11H12N2O2/c1-6-4-11(13-15-6)10-5-9(8(3)14)7(2)12-10/h4-5,12H,1-3H3. The Morgan fingerprint density at radius 1 is 1.40 bits per heavy atom. The van der Waals surface area contributed by atoms with E-state index in [1.807, 2.05) is 19.9 Å². The first-order valence-electron chi connectivity index (χ1n) is 4.72. The summed E-state index contributed by atoms with van der Waals surface area (Å²) in [5, 5.41) is 3.88. The fraction of sp³-hybridized carbons (Fsp3) is 0.273. The molecule has 4 heteroatoms. The monoisotopic (exact) mass is 204 g/mol. The van der Waals surface area contributed by atoms with E-state index in [2.05, 4.69) is 10.1 Å². The molecule has 2 aromatic heterocycles. The van der Waals surface area contributed by atoms with Gasteiger partial charge in [-0.3, -0.25) is 4.79 Å². The molecule has 0 unspecified atom stereocenters. The fourth-order valence-electron chi connectivity index (χ4n) is 1.56. The lowest BCUT2D eigenvalue weighted by Crippen LogP contribution is -1.90. The van der Waals surface area contributed by atoms with E-state index in [4.69, 9.17) is 4.52 Å². The number of aromatic amines is 1. The Morgan fingerprint density at radius 2 is 2.13 bits per heavy atom. The van der Waals surface area contributed by atoms with Gasteiger partial charge in [-0.25, -0.2) is 0 Å². The minimum Gasteiger partial charge on any atom is -0.361 e. The number of carbonyl (C=O) groups is 1. The molecule has 0 bridgehead atoms. The second-order valence-electron chi connectivity index (χ2n) is 3.60. The second-order valence-corrected chi connectivity index (χ2v) is 3.60. The second kappa shape index (κ2) is 3.38. The zero-order valence-corrected chi connectivity index (χ0v) is 8.92. The number of aryl methyl sites for hydroxylation is 2. The molecule has 0 aromatic carbocycles. The van der Waals surface area contributed by atoms with Gasteiger partial charge >= 0.3 is 0 Å². The van der Waals surface area contributed by atoms with E-state index < -0.39 is 0 Å². The summed E-state index contributed by atoms with van der Waals surface area (Å²) in [6.07, 6.45) is 0. The van der Waals surface area contributed by atoms with Gasteiger partial charge in [0.25, 0.3) is 0 Å². The summed E-state index contributed by atoms with van der Waals surface area (Å²) in [6.45, 7) is 5.25. The molecule has 15 heavy (non-hydrogen) atoms. The van der Waals surface area contributed by atoms with Crippen LogP contribution in [0.2, 0.25) is 0 Å². The van der Waals surface area contributed by atoms with Crippen LogP contribution in [0.15, 0.2) is 16.7 Å². The van der Waals surface area contributed by atoms with Crippen LogP contribution in [0.3, 0.4) is 0 Å². The number of aromatic nitrogens is 2. The molecule has 0 atom stereocenters. The Hall–Kier alpha value is -1.84. The normalized spacial score (nSPS) is 10.6. The van der Waals surface area contributed by atoms with Crippen molar-refractivity contribution in [2.75, 3.05) is 0 Å². The summed E-state index contributed by atoms with van der Waals surface area (Å²) in [5.41, 5.74) is 3.10. The molecule has 2 rings (SSSR count). The lowest BCUT2D eigenvalue weighted by atomic mass is 10.2. The van der Waals surface area contributed by atoms with Gasteiger partial charge in [0.15, 0.2) is 5.78 Å².